The molecule has 0 saturated carbocycles. The number of para-hydroxylation sites is 1. The van der Waals surface area contributed by atoms with E-state index in [2.05, 4.69) is 4.98 Å². The number of hydrogen-bond acceptors (Lipinski definition) is 4. The number of nitrogens with zero attached hydrogens (tertiary/aromatic N) is 1. The van der Waals surface area contributed by atoms with Crippen molar-refractivity contribution in [3.8, 4) is 17.0 Å². The van der Waals surface area contributed by atoms with E-state index in [9.17, 15) is 4.79 Å². The molecule has 0 unspecified atom stereocenters. The number of ether oxygens (including phenoxy) is 2. The molecule has 6 heteroatoms. The molecule has 4 nitrogen and oxygen atoms in total. The van der Waals surface area contributed by atoms with Crippen LogP contribution in [0.2, 0.25) is 10.0 Å². The van der Waals surface area contributed by atoms with Crippen LogP contribution in [0.5, 0.6) is 5.75 Å². The molecule has 3 aromatic rings. The van der Waals surface area contributed by atoms with Crippen molar-refractivity contribution in [3.05, 3.63) is 58.2 Å². The van der Waals surface area contributed by atoms with Gasteiger partial charge in [0.15, 0.2) is 0 Å². The second-order valence-electron chi connectivity index (χ2n) is 5.03. The van der Waals surface area contributed by atoms with Crippen LogP contribution < -0.4 is 4.74 Å². The molecule has 0 aliphatic carbocycles. The second kappa shape index (κ2) is 6.67. The first-order valence-electron chi connectivity index (χ1n) is 7.06. The van der Waals surface area contributed by atoms with Gasteiger partial charge >= 0.3 is 5.97 Å². The summed E-state index contributed by atoms with van der Waals surface area (Å²) in [5.74, 6) is 0.0830. The molecule has 0 aliphatic rings. The lowest BCUT2D eigenvalue weighted by Gasteiger charge is -2.13. The van der Waals surface area contributed by atoms with Crippen molar-refractivity contribution in [2.24, 2.45) is 0 Å². The minimum atomic E-state index is -0.430. The summed E-state index contributed by atoms with van der Waals surface area (Å²) in [5.41, 5.74) is 1.75. The minimum absolute atomic E-state index is 0.413. The normalized spacial score (nSPS) is 10.7. The van der Waals surface area contributed by atoms with Crippen LogP contribution in [0.3, 0.4) is 0 Å². The zero-order chi connectivity index (χ0) is 17.3. The highest BCUT2D eigenvalue weighted by Gasteiger charge is 2.16. The van der Waals surface area contributed by atoms with Crippen molar-refractivity contribution in [1.29, 1.82) is 0 Å². The van der Waals surface area contributed by atoms with Gasteiger partial charge in [-0.05, 0) is 24.3 Å². The van der Waals surface area contributed by atoms with Gasteiger partial charge < -0.3 is 9.47 Å². The highest BCUT2D eigenvalue weighted by atomic mass is 35.5. The van der Waals surface area contributed by atoms with Gasteiger partial charge in [-0.15, -0.1) is 0 Å². The predicted octanol–water partition coefficient (Wildman–Crippen LogP) is 5.00. The Balaban J connectivity index is 2.34. The van der Waals surface area contributed by atoms with E-state index < -0.39 is 5.97 Å². The first-order chi connectivity index (χ1) is 11.6. The number of rotatable bonds is 3. The lowest BCUT2D eigenvalue weighted by atomic mass is 10.0. The highest BCUT2D eigenvalue weighted by molar-refractivity contribution is 6.36. The van der Waals surface area contributed by atoms with Crippen molar-refractivity contribution >= 4 is 39.9 Å². The molecule has 1 heterocycles. The third kappa shape index (κ3) is 2.79. The number of esters is 1. The maximum Gasteiger partial charge on any atom is 0.337 e. The van der Waals surface area contributed by atoms with E-state index in [0.717, 1.165) is 5.39 Å². The molecule has 0 amide bonds. The van der Waals surface area contributed by atoms with Crippen LogP contribution >= 0.6 is 23.2 Å². The number of fused-ring (bicyclic) bond motifs is 1. The number of benzene rings is 2. The van der Waals surface area contributed by atoms with Gasteiger partial charge in [0.1, 0.15) is 5.75 Å². The first-order valence-corrected chi connectivity index (χ1v) is 7.82. The Morgan fingerprint density at radius 2 is 1.83 bits per heavy atom. The second-order valence-corrected chi connectivity index (χ2v) is 5.84. The van der Waals surface area contributed by atoms with Crippen molar-refractivity contribution < 1.29 is 14.3 Å². The van der Waals surface area contributed by atoms with Crippen molar-refractivity contribution in [2.45, 2.75) is 0 Å². The Kier molecular flexibility index (Phi) is 4.60. The molecule has 0 fully saturated rings. The molecule has 0 saturated heterocycles. The first kappa shape index (κ1) is 16.6. The third-order valence-corrected chi connectivity index (χ3v) is 4.29. The maximum absolute atomic E-state index is 11.8. The van der Waals surface area contributed by atoms with Crippen molar-refractivity contribution in [1.82, 2.24) is 4.98 Å². The Labute approximate surface area is 148 Å². The maximum atomic E-state index is 11.8. The minimum Gasteiger partial charge on any atom is -0.494 e. The fraction of sp³-hybridized carbons (Fsp3) is 0.111. The van der Waals surface area contributed by atoms with Crippen molar-refractivity contribution in [3.63, 3.8) is 0 Å². The van der Waals surface area contributed by atoms with Gasteiger partial charge in [-0.3, -0.25) is 4.98 Å². The molecule has 24 heavy (non-hydrogen) atoms. The standard InChI is InChI=1S/C18H13Cl2NO3/c1-23-17-12(4-3-5-14(17)19)16-13-8-10(18(22)24-2)6-7-11(13)15(20)9-21-16/h3-9H,1-2H3. The van der Waals surface area contributed by atoms with E-state index in [4.69, 9.17) is 32.7 Å². The molecule has 3 rings (SSSR count). The van der Waals surface area contributed by atoms with Crippen LogP contribution in [-0.2, 0) is 4.74 Å². The van der Waals surface area contributed by atoms with E-state index >= 15 is 0 Å². The molecule has 0 radical (unpaired) electrons. The van der Waals surface area contributed by atoms with Gasteiger partial charge in [-0.25, -0.2) is 4.79 Å². The summed E-state index contributed by atoms with van der Waals surface area (Å²) in [6.45, 7) is 0. The van der Waals surface area contributed by atoms with Crippen molar-refractivity contribution in [2.75, 3.05) is 14.2 Å². The summed E-state index contributed by atoms with van der Waals surface area (Å²) in [6, 6.07) is 10.5. The van der Waals surface area contributed by atoms with Gasteiger partial charge in [0.2, 0.25) is 0 Å². The summed E-state index contributed by atoms with van der Waals surface area (Å²) in [5, 5.41) is 2.46. The van der Waals surface area contributed by atoms with Gasteiger partial charge in [-0.2, -0.15) is 0 Å². The van der Waals surface area contributed by atoms with Gasteiger partial charge in [0.25, 0.3) is 0 Å². The molecule has 0 spiro atoms. The molecule has 122 valence electrons. The zero-order valence-corrected chi connectivity index (χ0v) is 14.5. The largest absolute Gasteiger partial charge is 0.494 e. The Morgan fingerprint density at radius 1 is 1.04 bits per heavy atom. The highest BCUT2D eigenvalue weighted by Crippen LogP contribution is 2.39. The molecular weight excluding hydrogens is 349 g/mol. The number of pyridine rings is 1. The predicted molar refractivity (Wildman–Crippen MR) is 95.1 cm³/mol. The SMILES string of the molecule is COC(=O)c1ccc2c(Cl)cnc(-c3cccc(Cl)c3OC)c2c1. The number of hydrogen-bond donors (Lipinski definition) is 0. The van der Waals surface area contributed by atoms with Crippen LogP contribution in [0.4, 0.5) is 0 Å². The summed E-state index contributed by atoms with van der Waals surface area (Å²) < 4.78 is 10.2. The molecule has 0 atom stereocenters. The summed E-state index contributed by atoms with van der Waals surface area (Å²) in [6.07, 6.45) is 1.57. The number of methoxy groups -OCH3 is 2. The lowest BCUT2D eigenvalue weighted by Crippen LogP contribution is -2.01. The molecular formula is C18H13Cl2NO3. The van der Waals surface area contributed by atoms with Crippen LogP contribution in [0, 0.1) is 0 Å². The molecule has 0 N–H and O–H groups in total. The van der Waals surface area contributed by atoms with Gasteiger partial charge in [-0.1, -0.05) is 35.3 Å². The zero-order valence-electron chi connectivity index (χ0n) is 13.0. The Morgan fingerprint density at radius 3 is 2.54 bits per heavy atom. The molecule has 1 aromatic heterocycles. The van der Waals surface area contributed by atoms with E-state index in [-0.39, 0.29) is 0 Å². The Bertz CT molecular complexity index is 941. The summed E-state index contributed by atoms with van der Waals surface area (Å²) >= 11 is 12.5. The summed E-state index contributed by atoms with van der Waals surface area (Å²) in [4.78, 5) is 16.3. The lowest BCUT2D eigenvalue weighted by molar-refractivity contribution is 0.0601. The number of carbonyl (C=O) groups is 1. The van der Waals surface area contributed by atoms with E-state index in [1.165, 1.54) is 7.11 Å². The topological polar surface area (TPSA) is 48.4 Å². The fourth-order valence-electron chi connectivity index (χ4n) is 2.57. The summed E-state index contributed by atoms with van der Waals surface area (Å²) in [7, 11) is 2.88. The van der Waals surface area contributed by atoms with E-state index in [1.54, 1.807) is 37.6 Å². The number of aromatic nitrogens is 1. The average molecular weight is 362 g/mol. The Hall–Kier alpha value is -2.30. The smallest absolute Gasteiger partial charge is 0.337 e. The van der Waals surface area contributed by atoms with Crippen LogP contribution in [-0.4, -0.2) is 25.2 Å². The van der Waals surface area contributed by atoms with Crippen LogP contribution in [0.25, 0.3) is 22.0 Å². The molecule has 0 aliphatic heterocycles. The van der Waals surface area contributed by atoms with Gasteiger partial charge in [0.05, 0.1) is 35.5 Å². The monoisotopic (exact) mass is 361 g/mol. The van der Waals surface area contributed by atoms with Crippen LogP contribution in [0.15, 0.2) is 42.6 Å². The van der Waals surface area contributed by atoms with E-state index in [1.807, 2.05) is 12.1 Å². The average Bonchev–Trinajstić information content (AvgIpc) is 2.61. The third-order valence-electron chi connectivity index (χ3n) is 3.69. The molecule has 0 bridgehead atoms. The quantitative estimate of drug-likeness (QED) is 0.615. The van der Waals surface area contributed by atoms with Crippen LogP contribution in [0.1, 0.15) is 10.4 Å². The number of halogens is 2. The molecule has 2 aromatic carbocycles. The van der Waals surface area contributed by atoms with Gasteiger partial charge in [0, 0.05) is 22.5 Å². The fourth-order valence-corrected chi connectivity index (χ4v) is 3.04. The van der Waals surface area contributed by atoms with E-state index in [0.29, 0.717) is 38.0 Å². The number of carbonyl (C=O) groups excluding carboxylic acids is 1.